The number of aliphatic hydroxyl groups is 1. The van der Waals surface area contributed by atoms with Crippen LogP contribution in [0.5, 0.6) is 0 Å². The van der Waals surface area contributed by atoms with E-state index in [1.165, 1.54) is 6.07 Å². The van der Waals surface area contributed by atoms with Gasteiger partial charge in [0, 0.05) is 12.2 Å². The fourth-order valence-corrected chi connectivity index (χ4v) is 3.04. The SMILES string of the molecule is Cc1cc(N)cc(S(=O)(=O)NCC(O)C(C)C)c1C. The van der Waals surface area contributed by atoms with Crippen LogP contribution in [0, 0.1) is 19.8 Å². The molecular formula is C13H22N2O3S. The van der Waals surface area contributed by atoms with Gasteiger partial charge in [-0.3, -0.25) is 0 Å². The number of hydrogen-bond donors (Lipinski definition) is 3. The van der Waals surface area contributed by atoms with Gasteiger partial charge in [-0.1, -0.05) is 13.8 Å². The molecule has 19 heavy (non-hydrogen) atoms. The molecule has 4 N–H and O–H groups in total. The lowest BCUT2D eigenvalue weighted by Crippen LogP contribution is -2.35. The van der Waals surface area contributed by atoms with Gasteiger partial charge in [-0.2, -0.15) is 0 Å². The highest BCUT2D eigenvalue weighted by Crippen LogP contribution is 2.22. The van der Waals surface area contributed by atoms with Crippen molar-refractivity contribution in [1.29, 1.82) is 0 Å². The summed E-state index contributed by atoms with van der Waals surface area (Å²) in [4.78, 5) is 0.168. The van der Waals surface area contributed by atoms with Gasteiger partial charge >= 0.3 is 0 Å². The van der Waals surface area contributed by atoms with E-state index in [9.17, 15) is 13.5 Å². The largest absolute Gasteiger partial charge is 0.399 e. The van der Waals surface area contributed by atoms with Gasteiger partial charge in [0.2, 0.25) is 10.0 Å². The Balaban J connectivity index is 3.01. The van der Waals surface area contributed by atoms with Gasteiger partial charge in [0.25, 0.3) is 0 Å². The van der Waals surface area contributed by atoms with Crippen molar-refractivity contribution in [3.8, 4) is 0 Å². The van der Waals surface area contributed by atoms with E-state index in [1.54, 1.807) is 13.0 Å². The first-order chi connectivity index (χ1) is 8.65. The molecule has 0 saturated carbocycles. The molecule has 0 aliphatic rings. The summed E-state index contributed by atoms with van der Waals surface area (Å²) in [6, 6.07) is 3.17. The van der Waals surface area contributed by atoms with E-state index >= 15 is 0 Å². The monoisotopic (exact) mass is 286 g/mol. The van der Waals surface area contributed by atoms with Crippen LogP contribution >= 0.6 is 0 Å². The average molecular weight is 286 g/mol. The van der Waals surface area contributed by atoms with Crippen molar-refractivity contribution >= 4 is 15.7 Å². The van der Waals surface area contributed by atoms with E-state index in [0.717, 1.165) is 5.56 Å². The highest BCUT2D eigenvalue weighted by atomic mass is 32.2. The Hall–Kier alpha value is -1.11. The zero-order valence-electron chi connectivity index (χ0n) is 11.8. The minimum absolute atomic E-state index is 0.00666. The summed E-state index contributed by atoms with van der Waals surface area (Å²) < 4.78 is 26.8. The van der Waals surface area contributed by atoms with Crippen LogP contribution in [0.15, 0.2) is 17.0 Å². The van der Waals surface area contributed by atoms with Crippen molar-refractivity contribution in [2.24, 2.45) is 5.92 Å². The number of hydrogen-bond acceptors (Lipinski definition) is 4. The fourth-order valence-electron chi connectivity index (χ4n) is 1.64. The molecule has 1 atom stereocenters. The Kier molecular flexibility index (Phi) is 4.95. The lowest BCUT2D eigenvalue weighted by molar-refractivity contribution is 0.129. The smallest absolute Gasteiger partial charge is 0.241 e. The van der Waals surface area contributed by atoms with E-state index in [1.807, 2.05) is 20.8 Å². The molecule has 0 saturated heterocycles. The fraction of sp³-hybridized carbons (Fsp3) is 0.538. The molecule has 0 radical (unpaired) electrons. The van der Waals surface area contributed by atoms with Gasteiger partial charge in [0.15, 0.2) is 0 Å². The molecule has 0 aliphatic carbocycles. The maximum atomic E-state index is 12.2. The zero-order valence-corrected chi connectivity index (χ0v) is 12.6. The Morgan fingerprint density at radius 2 is 1.89 bits per heavy atom. The molecule has 6 heteroatoms. The molecule has 5 nitrogen and oxygen atoms in total. The molecule has 0 heterocycles. The van der Waals surface area contributed by atoms with E-state index in [-0.39, 0.29) is 17.4 Å². The Labute approximate surface area is 114 Å². The number of rotatable bonds is 5. The van der Waals surface area contributed by atoms with E-state index in [4.69, 9.17) is 5.73 Å². The van der Waals surface area contributed by atoms with Gasteiger partial charge in [-0.05, 0) is 43.0 Å². The van der Waals surface area contributed by atoms with Crippen molar-refractivity contribution in [3.63, 3.8) is 0 Å². The minimum atomic E-state index is -3.65. The first kappa shape index (κ1) is 15.9. The van der Waals surface area contributed by atoms with Crippen LogP contribution in [0.2, 0.25) is 0 Å². The van der Waals surface area contributed by atoms with E-state index < -0.39 is 16.1 Å². The topological polar surface area (TPSA) is 92.4 Å². The molecule has 0 bridgehead atoms. The third-order valence-corrected chi connectivity index (χ3v) is 4.73. The summed E-state index contributed by atoms with van der Waals surface area (Å²) in [7, 11) is -3.65. The molecule has 0 spiro atoms. The third kappa shape index (κ3) is 3.92. The summed E-state index contributed by atoms with van der Waals surface area (Å²) in [6.45, 7) is 7.20. The van der Waals surface area contributed by atoms with Gasteiger partial charge in [-0.15, -0.1) is 0 Å². The maximum Gasteiger partial charge on any atom is 0.241 e. The second kappa shape index (κ2) is 5.90. The number of sulfonamides is 1. The lowest BCUT2D eigenvalue weighted by Gasteiger charge is -2.17. The van der Waals surface area contributed by atoms with Gasteiger partial charge in [-0.25, -0.2) is 13.1 Å². The lowest BCUT2D eigenvalue weighted by atomic mass is 10.1. The first-order valence-electron chi connectivity index (χ1n) is 6.19. The van der Waals surface area contributed by atoms with Crippen LogP contribution in [0.4, 0.5) is 5.69 Å². The summed E-state index contributed by atoms with van der Waals surface area (Å²) in [5, 5.41) is 9.66. The Morgan fingerprint density at radius 1 is 1.32 bits per heavy atom. The number of benzene rings is 1. The van der Waals surface area contributed by atoms with Crippen molar-refractivity contribution in [2.45, 2.75) is 38.7 Å². The van der Waals surface area contributed by atoms with Gasteiger partial charge in [0.05, 0.1) is 11.0 Å². The van der Waals surface area contributed by atoms with Crippen LogP contribution < -0.4 is 10.5 Å². The predicted molar refractivity (Wildman–Crippen MR) is 76.4 cm³/mol. The first-order valence-corrected chi connectivity index (χ1v) is 7.68. The molecule has 1 rings (SSSR count). The number of aryl methyl sites for hydroxylation is 1. The standard InChI is InChI=1S/C13H22N2O3S/c1-8(2)12(16)7-15-19(17,18)13-6-11(14)5-9(3)10(13)4/h5-6,8,12,15-16H,7,14H2,1-4H3. The predicted octanol–water partition coefficient (Wildman–Crippen LogP) is 1.18. The van der Waals surface area contributed by atoms with E-state index in [0.29, 0.717) is 11.3 Å². The molecule has 1 unspecified atom stereocenters. The van der Waals surface area contributed by atoms with Crippen LogP contribution in [-0.4, -0.2) is 26.2 Å². The Morgan fingerprint density at radius 3 is 2.42 bits per heavy atom. The zero-order chi connectivity index (χ0) is 14.8. The molecule has 1 aromatic rings. The van der Waals surface area contributed by atoms with Crippen LogP contribution in [0.1, 0.15) is 25.0 Å². The van der Waals surface area contributed by atoms with Crippen LogP contribution in [0.25, 0.3) is 0 Å². The third-order valence-electron chi connectivity index (χ3n) is 3.18. The van der Waals surface area contributed by atoms with Gasteiger partial charge < -0.3 is 10.8 Å². The number of nitrogens with one attached hydrogen (secondary N) is 1. The summed E-state index contributed by atoms with van der Waals surface area (Å²) in [6.07, 6.45) is -0.711. The van der Waals surface area contributed by atoms with Crippen molar-refractivity contribution < 1.29 is 13.5 Å². The summed E-state index contributed by atoms with van der Waals surface area (Å²) in [5.74, 6) is -0.00799. The minimum Gasteiger partial charge on any atom is -0.399 e. The maximum absolute atomic E-state index is 12.2. The van der Waals surface area contributed by atoms with Crippen molar-refractivity contribution in [1.82, 2.24) is 4.72 Å². The molecule has 1 aromatic carbocycles. The summed E-state index contributed by atoms with van der Waals surface area (Å²) in [5.41, 5.74) is 7.59. The highest BCUT2D eigenvalue weighted by Gasteiger charge is 2.20. The van der Waals surface area contributed by atoms with Crippen molar-refractivity contribution in [3.05, 3.63) is 23.3 Å². The molecule has 108 valence electrons. The number of aliphatic hydroxyl groups excluding tert-OH is 1. The quantitative estimate of drug-likeness (QED) is 0.709. The molecular weight excluding hydrogens is 264 g/mol. The number of nitrogen functional groups attached to an aromatic ring is 1. The highest BCUT2D eigenvalue weighted by molar-refractivity contribution is 7.89. The van der Waals surface area contributed by atoms with Crippen LogP contribution in [-0.2, 0) is 10.0 Å². The number of nitrogens with two attached hydrogens (primary N) is 1. The Bertz CT molecular complexity index is 553. The average Bonchev–Trinajstić information content (AvgIpc) is 2.30. The molecule has 0 aliphatic heterocycles. The van der Waals surface area contributed by atoms with Gasteiger partial charge in [0.1, 0.15) is 0 Å². The summed E-state index contributed by atoms with van der Waals surface area (Å²) >= 11 is 0. The second-order valence-electron chi connectivity index (χ2n) is 5.12. The second-order valence-corrected chi connectivity index (χ2v) is 6.86. The molecule has 0 amide bonds. The molecule has 0 aromatic heterocycles. The van der Waals surface area contributed by atoms with Crippen molar-refractivity contribution in [2.75, 3.05) is 12.3 Å². The normalized spacial score (nSPS) is 13.8. The van der Waals surface area contributed by atoms with E-state index in [2.05, 4.69) is 4.72 Å². The number of anilines is 1. The van der Waals surface area contributed by atoms with Crippen LogP contribution in [0.3, 0.4) is 0 Å². The molecule has 0 fully saturated rings.